The van der Waals surface area contributed by atoms with Gasteiger partial charge in [0.25, 0.3) is 10.0 Å². The number of carbonyl (C=O) groups is 1. The van der Waals surface area contributed by atoms with Gasteiger partial charge in [-0.05, 0) is 44.0 Å². The minimum Gasteiger partial charge on any atom is -0.348 e. The van der Waals surface area contributed by atoms with E-state index in [4.69, 9.17) is 0 Å². The topological polar surface area (TPSA) is 62.6 Å². The van der Waals surface area contributed by atoms with Gasteiger partial charge in [-0.25, -0.2) is 8.42 Å². The van der Waals surface area contributed by atoms with Gasteiger partial charge in [0.1, 0.15) is 4.21 Å². The first-order valence-corrected chi connectivity index (χ1v) is 11.3. The predicted octanol–water partition coefficient (Wildman–Crippen LogP) is 2.48. The smallest absolute Gasteiger partial charge is 0.252 e. The lowest BCUT2D eigenvalue weighted by Crippen LogP contribution is -2.41. The van der Waals surface area contributed by atoms with Crippen LogP contribution in [0.15, 0.2) is 34.7 Å². The number of fused-ring (bicyclic) bond motifs is 1. The molecule has 1 atom stereocenters. The van der Waals surface area contributed by atoms with Crippen molar-refractivity contribution < 1.29 is 13.2 Å². The van der Waals surface area contributed by atoms with Crippen LogP contribution < -0.4 is 0 Å². The highest BCUT2D eigenvalue weighted by Crippen LogP contribution is 2.30. The van der Waals surface area contributed by atoms with Crippen LogP contribution in [0.4, 0.5) is 0 Å². The van der Waals surface area contributed by atoms with E-state index < -0.39 is 10.0 Å². The average molecular weight is 394 g/mol. The van der Waals surface area contributed by atoms with Crippen molar-refractivity contribution in [1.29, 1.82) is 0 Å². The van der Waals surface area contributed by atoms with Crippen LogP contribution in [0, 0.1) is 0 Å². The molecule has 0 radical (unpaired) electrons. The largest absolute Gasteiger partial charge is 0.348 e. The van der Waals surface area contributed by atoms with Gasteiger partial charge in [-0.15, -0.1) is 11.3 Å². The van der Waals surface area contributed by atoms with E-state index in [9.17, 15) is 13.2 Å². The first kappa shape index (κ1) is 17.8. The molecular formula is C18H23N3O3S2. The van der Waals surface area contributed by atoms with Crippen LogP contribution in [0.2, 0.25) is 0 Å². The molecule has 1 amide bonds. The van der Waals surface area contributed by atoms with Crippen molar-refractivity contribution in [2.45, 2.75) is 43.0 Å². The summed E-state index contributed by atoms with van der Waals surface area (Å²) in [6.45, 7) is 4.73. The Morgan fingerprint density at radius 1 is 1.15 bits per heavy atom. The Bertz CT molecular complexity index is 910. The van der Waals surface area contributed by atoms with Gasteiger partial charge in [0.2, 0.25) is 5.91 Å². The second-order valence-corrected chi connectivity index (χ2v) is 10.2. The van der Waals surface area contributed by atoms with E-state index in [2.05, 4.69) is 10.6 Å². The van der Waals surface area contributed by atoms with E-state index in [1.807, 2.05) is 24.1 Å². The summed E-state index contributed by atoms with van der Waals surface area (Å²) in [6.07, 6.45) is 4.14. The van der Waals surface area contributed by atoms with E-state index in [1.165, 1.54) is 11.3 Å². The third-order valence-electron chi connectivity index (χ3n) is 5.28. The van der Waals surface area contributed by atoms with Crippen LogP contribution in [-0.2, 0) is 27.8 Å². The monoisotopic (exact) mass is 393 g/mol. The molecular weight excluding hydrogens is 370 g/mol. The minimum atomic E-state index is -3.40. The number of rotatable bonds is 4. The second-order valence-electron chi connectivity index (χ2n) is 6.90. The Morgan fingerprint density at radius 3 is 2.69 bits per heavy atom. The number of hydrogen-bond acceptors (Lipinski definition) is 4. The minimum absolute atomic E-state index is 0.0408. The van der Waals surface area contributed by atoms with Crippen LogP contribution in [0.25, 0.3) is 0 Å². The zero-order valence-corrected chi connectivity index (χ0v) is 16.4. The van der Waals surface area contributed by atoms with Crippen molar-refractivity contribution >= 4 is 27.3 Å². The molecule has 4 rings (SSSR count). The number of thiophene rings is 1. The van der Waals surface area contributed by atoms with Crippen LogP contribution in [0.3, 0.4) is 0 Å². The molecule has 0 aliphatic carbocycles. The average Bonchev–Trinajstić information content (AvgIpc) is 3.36. The Kier molecular flexibility index (Phi) is 4.66. The van der Waals surface area contributed by atoms with Crippen LogP contribution in [0.5, 0.6) is 0 Å². The highest BCUT2D eigenvalue weighted by Gasteiger charge is 2.30. The fraction of sp³-hybridized carbons (Fsp3) is 0.500. The Hall–Kier alpha value is -1.64. The van der Waals surface area contributed by atoms with Gasteiger partial charge in [0.05, 0.1) is 12.5 Å². The van der Waals surface area contributed by atoms with Gasteiger partial charge in [0, 0.05) is 42.9 Å². The zero-order valence-electron chi connectivity index (χ0n) is 14.8. The molecule has 4 heterocycles. The first-order valence-electron chi connectivity index (χ1n) is 9.00. The Morgan fingerprint density at radius 2 is 1.92 bits per heavy atom. The lowest BCUT2D eigenvalue weighted by Gasteiger charge is -2.35. The number of sulfonamides is 1. The van der Waals surface area contributed by atoms with Crippen LogP contribution >= 0.6 is 11.3 Å². The SMILES string of the molecule is CC1c2cccn2CCN1C(=O)Cc1ccc(S(=O)(=O)N2CCCC2)s1. The van der Waals surface area contributed by atoms with Gasteiger partial charge in [0.15, 0.2) is 0 Å². The highest BCUT2D eigenvalue weighted by molar-refractivity contribution is 7.91. The molecule has 1 unspecified atom stereocenters. The molecule has 2 aliphatic heterocycles. The maximum absolute atomic E-state index is 12.8. The van der Waals surface area contributed by atoms with Crippen LogP contribution in [-0.4, -0.2) is 47.7 Å². The van der Waals surface area contributed by atoms with Crippen LogP contribution in [0.1, 0.15) is 36.4 Å². The number of carbonyl (C=O) groups excluding carboxylic acids is 1. The van der Waals surface area contributed by atoms with Crippen molar-refractivity contribution in [2.24, 2.45) is 0 Å². The van der Waals surface area contributed by atoms with Crippen molar-refractivity contribution in [1.82, 2.24) is 13.8 Å². The lowest BCUT2D eigenvalue weighted by atomic mass is 10.1. The zero-order chi connectivity index (χ0) is 18.3. The molecule has 140 valence electrons. The number of amides is 1. The first-order chi connectivity index (χ1) is 12.5. The summed E-state index contributed by atoms with van der Waals surface area (Å²) in [7, 11) is -3.40. The summed E-state index contributed by atoms with van der Waals surface area (Å²) >= 11 is 1.23. The van der Waals surface area contributed by atoms with Crippen molar-refractivity contribution in [3.63, 3.8) is 0 Å². The van der Waals surface area contributed by atoms with E-state index in [-0.39, 0.29) is 18.4 Å². The van der Waals surface area contributed by atoms with Gasteiger partial charge < -0.3 is 9.47 Å². The maximum Gasteiger partial charge on any atom is 0.252 e. The van der Waals surface area contributed by atoms with E-state index in [1.54, 1.807) is 16.4 Å². The van der Waals surface area contributed by atoms with E-state index in [0.717, 1.165) is 30.0 Å². The van der Waals surface area contributed by atoms with Crippen molar-refractivity contribution in [3.05, 3.63) is 41.0 Å². The molecule has 0 aromatic carbocycles. The van der Waals surface area contributed by atoms with Crippen molar-refractivity contribution in [3.8, 4) is 0 Å². The molecule has 1 fully saturated rings. The molecule has 0 spiro atoms. The number of aromatic nitrogens is 1. The number of nitrogens with zero attached hydrogens (tertiary/aromatic N) is 3. The summed E-state index contributed by atoms with van der Waals surface area (Å²) in [4.78, 5) is 15.5. The second kappa shape index (κ2) is 6.83. The molecule has 2 aliphatic rings. The summed E-state index contributed by atoms with van der Waals surface area (Å²) < 4.78 is 29.3. The van der Waals surface area contributed by atoms with Gasteiger partial charge in [-0.3, -0.25) is 4.79 Å². The molecule has 26 heavy (non-hydrogen) atoms. The van der Waals surface area contributed by atoms with Gasteiger partial charge in [-0.1, -0.05) is 0 Å². The molecule has 2 aromatic heterocycles. The Balaban J connectivity index is 1.47. The highest BCUT2D eigenvalue weighted by atomic mass is 32.2. The third-order valence-corrected chi connectivity index (χ3v) is 8.74. The fourth-order valence-electron chi connectivity index (χ4n) is 3.82. The standard InChI is InChI=1S/C18H23N3O3S2/c1-14-16-5-4-8-19(16)11-12-21(14)17(22)13-15-6-7-18(25-15)26(23,24)20-9-2-3-10-20/h4-8,14H,2-3,9-13H2,1H3. The number of hydrogen-bond donors (Lipinski definition) is 0. The summed E-state index contributed by atoms with van der Waals surface area (Å²) in [5.74, 6) is 0.0527. The molecule has 2 aromatic rings. The summed E-state index contributed by atoms with van der Waals surface area (Å²) in [6, 6.07) is 7.53. The summed E-state index contributed by atoms with van der Waals surface area (Å²) in [5.41, 5.74) is 1.15. The molecule has 1 saturated heterocycles. The predicted molar refractivity (Wildman–Crippen MR) is 101 cm³/mol. The van der Waals surface area contributed by atoms with Gasteiger partial charge in [-0.2, -0.15) is 4.31 Å². The van der Waals surface area contributed by atoms with E-state index in [0.29, 0.717) is 23.8 Å². The quantitative estimate of drug-likeness (QED) is 0.802. The van der Waals surface area contributed by atoms with E-state index >= 15 is 0 Å². The fourth-order valence-corrected chi connectivity index (χ4v) is 6.84. The maximum atomic E-state index is 12.8. The normalized spacial score (nSPS) is 21.1. The molecule has 0 N–H and O–H groups in total. The molecule has 6 nitrogen and oxygen atoms in total. The molecule has 8 heteroatoms. The lowest BCUT2D eigenvalue weighted by molar-refractivity contribution is -0.133. The van der Waals surface area contributed by atoms with Gasteiger partial charge >= 0.3 is 0 Å². The molecule has 0 bridgehead atoms. The summed E-state index contributed by atoms with van der Waals surface area (Å²) in [5, 5.41) is 0. The Labute approximate surface area is 158 Å². The van der Waals surface area contributed by atoms with Crippen molar-refractivity contribution in [2.75, 3.05) is 19.6 Å². The molecule has 0 saturated carbocycles. The third kappa shape index (κ3) is 3.10.